The number of para-hydroxylation sites is 1. The van der Waals surface area contributed by atoms with Crippen LogP contribution in [0.5, 0.6) is 5.75 Å². The number of benzene rings is 3. The van der Waals surface area contributed by atoms with Crippen LogP contribution in [-0.4, -0.2) is 25.0 Å². The molecule has 0 saturated carbocycles. The molecule has 154 valence electrons. The first-order valence-corrected chi connectivity index (χ1v) is 10.3. The molecule has 0 aliphatic rings. The van der Waals surface area contributed by atoms with E-state index in [4.69, 9.17) is 4.74 Å². The summed E-state index contributed by atoms with van der Waals surface area (Å²) < 4.78 is 6.28. The van der Waals surface area contributed by atoms with Crippen molar-refractivity contribution in [1.82, 2.24) is 0 Å². The van der Waals surface area contributed by atoms with Crippen LogP contribution in [0, 0.1) is 0 Å². The first kappa shape index (κ1) is 21.4. The minimum Gasteiger partial charge on any atom is -0.494 e. The molecule has 0 radical (unpaired) electrons. The van der Waals surface area contributed by atoms with Crippen molar-refractivity contribution in [3.63, 3.8) is 0 Å². The fourth-order valence-electron chi connectivity index (χ4n) is 2.69. The molecule has 30 heavy (non-hydrogen) atoms. The summed E-state index contributed by atoms with van der Waals surface area (Å²) in [6, 6.07) is 21.5. The van der Waals surface area contributed by atoms with Gasteiger partial charge in [0.2, 0.25) is 5.91 Å². The van der Waals surface area contributed by atoms with Gasteiger partial charge in [-0.05, 0) is 83.5 Å². The Bertz CT molecular complexity index is 1000. The first-order chi connectivity index (χ1) is 14.5. The third-order valence-corrected chi connectivity index (χ3v) is 4.86. The van der Waals surface area contributed by atoms with E-state index in [1.165, 1.54) is 0 Å². The Balaban J connectivity index is 1.51. The molecule has 0 fully saturated rings. The summed E-state index contributed by atoms with van der Waals surface area (Å²) in [5, 5.41) is 8.71. The average molecular weight is 468 g/mol. The van der Waals surface area contributed by atoms with Gasteiger partial charge in [-0.15, -0.1) is 0 Å². The summed E-state index contributed by atoms with van der Waals surface area (Å²) in [5.74, 6) is 0.342. The quantitative estimate of drug-likeness (QED) is 0.427. The van der Waals surface area contributed by atoms with Crippen LogP contribution in [0.4, 0.5) is 17.1 Å². The second-order valence-corrected chi connectivity index (χ2v) is 7.22. The Morgan fingerprint density at radius 3 is 2.17 bits per heavy atom. The molecule has 0 aliphatic heterocycles. The first-order valence-electron chi connectivity index (χ1n) is 9.47. The molecule has 3 aromatic rings. The van der Waals surface area contributed by atoms with Gasteiger partial charge in [0.25, 0.3) is 5.91 Å². The molecular weight excluding hydrogens is 446 g/mol. The van der Waals surface area contributed by atoms with E-state index in [-0.39, 0.29) is 18.4 Å². The zero-order valence-corrected chi connectivity index (χ0v) is 18.0. The Labute approximate surface area is 183 Å². The number of carbonyl (C=O) groups is 2. The van der Waals surface area contributed by atoms with E-state index in [2.05, 4.69) is 31.9 Å². The van der Waals surface area contributed by atoms with Crippen LogP contribution in [0.3, 0.4) is 0 Å². The maximum atomic E-state index is 12.4. The number of hydrogen-bond donors (Lipinski definition) is 3. The van der Waals surface area contributed by atoms with Gasteiger partial charge in [0.15, 0.2) is 0 Å². The van der Waals surface area contributed by atoms with Crippen molar-refractivity contribution in [3.05, 3.63) is 82.8 Å². The molecule has 3 N–H and O–H groups in total. The van der Waals surface area contributed by atoms with Crippen molar-refractivity contribution in [3.8, 4) is 5.75 Å². The van der Waals surface area contributed by atoms with Crippen molar-refractivity contribution < 1.29 is 14.3 Å². The molecule has 6 nitrogen and oxygen atoms in total. The highest BCUT2D eigenvalue weighted by Crippen LogP contribution is 2.21. The number of amides is 2. The molecule has 7 heteroatoms. The second kappa shape index (κ2) is 10.5. The van der Waals surface area contributed by atoms with Crippen molar-refractivity contribution in [2.45, 2.75) is 6.92 Å². The van der Waals surface area contributed by atoms with E-state index in [9.17, 15) is 9.59 Å². The molecule has 0 heterocycles. The Kier molecular flexibility index (Phi) is 7.45. The van der Waals surface area contributed by atoms with Gasteiger partial charge >= 0.3 is 0 Å². The highest BCUT2D eigenvalue weighted by Gasteiger charge is 2.08. The molecule has 3 rings (SSSR count). The lowest BCUT2D eigenvalue weighted by Crippen LogP contribution is -2.22. The molecule has 0 unspecified atom stereocenters. The van der Waals surface area contributed by atoms with Crippen LogP contribution in [-0.2, 0) is 4.79 Å². The Morgan fingerprint density at radius 1 is 0.867 bits per heavy atom. The van der Waals surface area contributed by atoms with Gasteiger partial charge in [-0.3, -0.25) is 9.59 Å². The van der Waals surface area contributed by atoms with E-state index in [0.717, 1.165) is 15.9 Å². The number of nitrogens with one attached hydrogen (secondary N) is 3. The number of hydrogen-bond acceptors (Lipinski definition) is 4. The van der Waals surface area contributed by atoms with Gasteiger partial charge < -0.3 is 20.7 Å². The van der Waals surface area contributed by atoms with Crippen LogP contribution in [0.15, 0.2) is 77.3 Å². The van der Waals surface area contributed by atoms with Gasteiger partial charge in [-0.2, -0.15) is 0 Å². The van der Waals surface area contributed by atoms with E-state index in [1.54, 1.807) is 48.5 Å². The van der Waals surface area contributed by atoms with Gasteiger partial charge in [0, 0.05) is 27.1 Å². The molecule has 0 aliphatic carbocycles. The highest BCUT2D eigenvalue weighted by atomic mass is 79.9. The Hall–Kier alpha value is -3.32. The van der Waals surface area contributed by atoms with Crippen molar-refractivity contribution in [2.75, 3.05) is 29.1 Å². The number of halogens is 1. The lowest BCUT2D eigenvalue weighted by molar-refractivity contribution is -0.114. The average Bonchev–Trinajstić information content (AvgIpc) is 2.75. The second-order valence-electron chi connectivity index (χ2n) is 6.37. The standard InChI is InChI=1S/C23H22BrN3O3/c1-2-30-19-13-11-18(12-14-19)27-23(29)16-7-9-17(10-8-16)26-22(28)15-25-21-6-4-3-5-20(21)24/h3-14,25H,2,15H2,1H3,(H,26,28)(H,27,29). The molecule has 0 saturated heterocycles. The van der Waals surface area contributed by atoms with Gasteiger partial charge in [0.05, 0.1) is 13.2 Å². The minimum absolute atomic E-state index is 0.128. The van der Waals surface area contributed by atoms with Gasteiger partial charge in [-0.1, -0.05) is 12.1 Å². The van der Waals surface area contributed by atoms with Crippen LogP contribution >= 0.6 is 15.9 Å². The summed E-state index contributed by atoms with van der Waals surface area (Å²) in [6.45, 7) is 2.64. The zero-order chi connectivity index (χ0) is 21.3. The summed E-state index contributed by atoms with van der Waals surface area (Å²) in [5.41, 5.74) is 2.63. The third-order valence-electron chi connectivity index (χ3n) is 4.17. The van der Waals surface area contributed by atoms with E-state index in [1.807, 2.05) is 31.2 Å². The zero-order valence-electron chi connectivity index (χ0n) is 16.4. The van der Waals surface area contributed by atoms with Crippen LogP contribution in [0.2, 0.25) is 0 Å². The molecular formula is C23H22BrN3O3. The number of ether oxygens (including phenoxy) is 1. The molecule has 0 atom stereocenters. The summed E-state index contributed by atoms with van der Waals surface area (Å²) in [4.78, 5) is 24.6. The van der Waals surface area contributed by atoms with E-state index < -0.39 is 0 Å². The lowest BCUT2D eigenvalue weighted by Gasteiger charge is -2.10. The molecule has 3 aromatic carbocycles. The predicted molar refractivity (Wildman–Crippen MR) is 123 cm³/mol. The van der Waals surface area contributed by atoms with E-state index >= 15 is 0 Å². The van der Waals surface area contributed by atoms with Crippen molar-refractivity contribution in [2.24, 2.45) is 0 Å². The van der Waals surface area contributed by atoms with Gasteiger partial charge in [-0.25, -0.2) is 0 Å². The number of anilines is 3. The van der Waals surface area contributed by atoms with Crippen LogP contribution in [0.25, 0.3) is 0 Å². The number of rotatable bonds is 8. The summed E-state index contributed by atoms with van der Waals surface area (Å²) in [6.07, 6.45) is 0. The minimum atomic E-state index is -0.229. The maximum Gasteiger partial charge on any atom is 0.255 e. The van der Waals surface area contributed by atoms with E-state index in [0.29, 0.717) is 23.5 Å². The SMILES string of the molecule is CCOc1ccc(NC(=O)c2ccc(NC(=O)CNc3ccccc3Br)cc2)cc1. The maximum absolute atomic E-state index is 12.4. The van der Waals surface area contributed by atoms with Crippen molar-refractivity contribution in [1.29, 1.82) is 0 Å². The van der Waals surface area contributed by atoms with Crippen molar-refractivity contribution >= 4 is 44.8 Å². The molecule has 0 spiro atoms. The highest BCUT2D eigenvalue weighted by molar-refractivity contribution is 9.10. The monoisotopic (exact) mass is 467 g/mol. The fourth-order valence-corrected chi connectivity index (χ4v) is 3.12. The molecule has 0 bridgehead atoms. The summed E-state index contributed by atoms with van der Waals surface area (Å²) in [7, 11) is 0. The topological polar surface area (TPSA) is 79.5 Å². The molecule has 2 amide bonds. The van der Waals surface area contributed by atoms with Crippen LogP contribution in [0.1, 0.15) is 17.3 Å². The van der Waals surface area contributed by atoms with Crippen LogP contribution < -0.4 is 20.7 Å². The predicted octanol–water partition coefficient (Wildman–Crippen LogP) is 5.15. The normalized spacial score (nSPS) is 10.2. The largest absolute Gasteiger partial charge is 0.494 e. The lowest BCUT2D eigenvalue weighted by atomic mass is 10.2. The Morgan fingerprint density at radius 2 is 1.50 bits per heavy atom. The smallest absolute Gasteiger partial charge is 0.255 e. The fraction of sp³-hybridized carbons (Fsp3) is 0.130. The third kappa shape index (κ3) is 6.09. The summed E-state index contributed by atoms with van der Waals surface area (Å²) >= 11 is 3.43. The molecule has 0 aromatic heterocycles. The van der Waals surface area contributed by atoms with Gasteiger partial charge in [0.1, 0.15) is 5.75 Å². The number of carbonyl (C=O) groups excluding carboxylic acids is 2.